The van der Waals surface area contributed by atoms with Crippen LogP contribution in [-0.4, -0.2) is 96.7 Å². The van der Waals surface area contributed by atoms with Crippen LogP contribution in [-0.2, 0) is 65.4 Å². The molecule has 0 aliphatic heterocycles. The Morgan fingerprint density at radius 2 is 0.548 bits per heavy atom. The van der Waals surface area contributed by atoms with Gasteiger partial charge in [-0.05, 0) is 37.5 Å². The van der Waals surface area contributed by atoms with Crippen LogP contribution in [0.15, 0.2) is 0 Å². The zero-order valence-electron chi connectivity index (χ0n) is 54.2. The van der Waals surface area contributed by atoms with Gasteiger partial charge < -0.3 is 33.8 Å². The van der Waals surface area contributed by atoms with Crippen molar-refractivity contribution in [3.8, 4) is 0 Å². The zero-order chi connectivity index (χ0) is 62.2. The number of phosphoric acid groups is 2. The largest absolute Gasteiger partial charge is 0.472 e. The van der Waals surface area contributed by atoms with Crippen molar-refractivity contribution in [2.75, 3.05) is 39.6 Å². The van der Waals surface area contributed by atoms with E-state index in [4.69, 9.17) is 37.0 Å². The lowest BCUT2D eigenvalue weighted by Crippen LogP contribution is -2.30. The number of esters is 4. The highest BCUT2D eigenvalue weighted by Gasteiger charge is 2.30. The van der Waals surface area contributed by atoms with Crippen molar-refractivity contribution >= 4 is 39.5 Å². The van der Waals surface area contributed by atoms with Crippen LogP contribution in [0.1, 0.15) is 324 Å². The molecule has 5 atom stereocenters. The molecular weight excluding hydrogens is 1110 g/mol. The van der Waals surface area contributed by atoms with Gasteiger partial charge in [0, 0.05) is 25.7 Å². The molecule has 0 radical (unpaired) electrons. The lowest BCUT2D eigenvalue weighted by molar-refractivity contribution is -0.161. The van der Waals surface area contributed by atoms with Gasteiger partial charge in [0.1, 0.15) is 19.3 Å². The van der Waals surface area contributed by atoms with Gasteiger partial charge in [-0.1, -0.05) is 273 Å². The highest BCUT2D eigenvalue weighted by molar-refractivity contribution is 7.47. The van der Waals surface area contributed by atoms with Crippen molar-refractivity contribution in [2.45, 2.75) is 342 Å². The van der Waals surface area contributed by atoms with Crippen LogP contribution in [0.25, 0.3) is 0 Å². The van der Waals surface area contributed by atoms with Crippen LogP contribution < -0.4 is 0 Å². The Kier molecular flexibility index (Phi) is 56.2. The van der Waals surface area contributed by atoms with Crippen LogP contribution in [0.3, 0.4) is 0 Å². The van der Waals surface area contributed by atoms with Gasteiger partial charge in [-0.15, -0.1) is 0 Å². The van der Waals surface area contributed by atoms with Crippen molar-refractivity contribution in [2.24, 2.45) is 11.8 Å². The van der Waals surface area contributed by atoms with Crippen molar-refractivity contribution in [1.29, 1.82) is 0 Å². The maximum absolute atomic E-state index is 13.0. The van der Waals surface area contributed by atoms with Gasteiger partial charge in [0.15, 0.2) is 12.2 Å². The quantitative estimate of drug-likeness (QED) is 0.0222. The molecule has 0 aliphatic carbocycles. The van der Waals surface area contributed by atoms with E-state index in [2.05, 4.69) is 41.5 Å². The van der Waals surface area contributed by atoms with Crippen molar-refractivity contribution in [1.82, 2.24) is 0 Å². The summed E-state index contributed by atoms with van der Waals surface area (Å²) < 4.78 is 68.0. The first-order valence-corrected chi connectivity index (χ1v) is 37.0. The van der Waals surface area contributed by atoms with Crippen LogP contribution in [0, 0.1) is 11.8 Å². The van der Waals surface area contributed by atoms with Crippen LogP contribution in [0.4, 0.5) is 0 Å². The molecule has 0 aromatic carbocycles. The summed E-state index contributed by atoms with van der Waals surface area (Å²) >= 11 is 0. The van der Waals surface area contributed by atoms with E-state index in [1.54, 1.807) is 0 Å². The molecule has 19 heteroatoms. The number of aliphatic hydroxyl groups is 1. The third kappa shape index (κ3) is 59.0. The van der Waals surface area contributed by atoms with E-state index in [0.717, 1.165) is 108 Å². The summed E-state index contributed by atoms with van der Waals surface area (Å²) in [4.78, 5) is 72.2. The van der Waals surface area contributed by atoms with E-state index in [1.165, 1.54) is 135 Å². The summed E-state index contributed by atoms with van der Waals surface area (Å²) in [5, 5.41) is 10.5. The molecule has 0 spiro atoms. The lowest BCUT2D eigenvalue weighted by atomic mass is 10.0. The minimum Gasteiger partial charge on any atom is -0.462 e. The number of hydrogen-bond acceptors (Lipinski definition) is 15. The van der Waals surface area contributed by atoms with Gasteiger partial charge in [0.05, 0.1) is 26.4 Å². The second-order valence-corrected chi connectivity index (χ2v) is 27.4. The topological polar surface area (TPSA) is 237 Å². The van der Waals surface area contributed by atoms with Crippen LogP contribution >= 0.6 is 15.6 Å². The van der Waals surface area contributed by atoms with Crippen molar-refractivity contribution in [3.05, 3.63) is 0 Å². The molecule has 0 aromatic heterocycles. The van der Waals surface area contributed by atoms with Gasteiger partial charge in [-0.2, -0.15) is 0 Å². The number of hydrogen-bond donors (Lipinski definition) is 3. The second-order valence-electron chi connectivity index (χ2n) is 24.5. The standard InChI is InChI=1S/C65H126O17P2/c1-7-9-11-13-15-17-18-19-24-31-37-43-49-64(69)81-60(53-75-62(67)47-41-35-29-16-14-12-10-8-2)55-79-83(71,72)77-51-59(66)52-78-84(73,74)80-56-61(82-65(70)50-44-38-32-26-21-23-28-34-40-46-58(5)6)54-76-63(68)48-42-36-30-25-20-22-27-33-39-45-57(3)4/h57-61,66H,7-56H2,1-6H3,(H,71,72)(H,73,74)/t59-,60+,61+/m0/s1. The van der Waals surface area contributed by atoms with E-state index in [9.17, 15) is 43.2 Å². The highest BCUT2D eigenvalue weighted by atomic mass is 31.2. The molecule has 2 unspecified atom stereocenters. The molecule has 0 rings (SSSR count). The summed E-state index contributed by atoms with van der Waals surface area (Å²) in [6.45, 7) is 9.44. The Morgan fingerprint density at radius 1 is 0.321 bits per heavy atom. The van der Waals surface area contributed by atoms with E-state index in [0.29, 0.717) is 25.7 Å². The molecule has 0 saturated heterocycles. The van der Waals surface area contributed by atoms with E-state index in [1.807, 2.05) is 0 Å². The zero-order valence-corrected chi connectivity index (χ0v) is 56.0. The number of carbonyl (C=O) groups is 4. The monoisotopic (exact) mass is 1240 g/mol. The molecule has 0 saturated carbocycles. The summed E-state index contributed by atoms with van der Waals surface area (Å²) in [7, 11) is -9.89. The Labute approximate surface area is 511 Å². The predicted octanol–water partition coefficient (Wildman–Crippen LogP) is 18.0. The van der Waals surface area contributed by atoms with Gasteiger partial charge in [-0.3, -0.25) is 37.3 Å². The van der Waals surface area contributed by atoms with Gasteiger partial charge in [0.25, 0.3) is 0 Å². The molecule has 498 valence electrons. The van der Waals surface area contributed by atoms with E-state index >= 15 is 0 Å². The molecule has 0 aliphatic rings. The molecule has 0 aromatic rings. The molecule has 84 heavy (non-hydrogen) atoms. The number of ether oxygens (including phenoxy) is 4. The Balaban J connectivity index is 5.23. The van der Waals surface area contributed by atoms with Gasteiger partial charge in [0.2, 0.25) is 0 Å². The minimum atomic E-state index is -4.95. The molecule has 0 heterocycles. The normalized spacial score (nSPS) is 14.3. The van der Waals surface area contributed by atoms with E-state index < -0.39 is 97.5 Å². The molecule has 0 fully saturated rings. The SMILES string of the molecule is CCCCCCCCCCCCCCC(=O)O[C@H](COC(=O)CCCCCCCCCC)COP(=O)(O)OC[C@H](O)COP(=O)(O)OC[C@@H](COC(=O)CCCCCCCCCCCC(C)C)OC(=O)CCCCCCCCCCCC(C)C. The third-order valence-corrected chi connectivity index (χ3v) is 16.9. The second kappa shape index (κ2) is 57.5. The summed E-state index contributed by atoms with van der Waals surface area (Å²) in [5.74, 6) is -0.653. The average molecular weight is 1240 g/mol. The number of aliphatic hydroxyl groups excluding tert-OH is 1. The Hall–Kier alpha value is -1.94. The number of phosphoric ester groups is 2. The van der Waals surface area contributed by atoms with E-state index in [-0.39, 0.29) is 25.7 Å². The summed E-state index contributed by atoms with van der Waals surface area (Å²) in [6, 6.07) is 0. The van der Waals surface area contributed by atoms with Gasteiger partial charge >= 0.3 is 39.5 Å². The first-order valence-electron chi connectivity index (χ1n) is 34.0. The predicted molar refractivity (Wildman–Crippen MR) is 335 cm³/mol. The molecule has 17 nitrogen and oxygen atoms in total. The molecule has 0 amide bonds. The minimum absolute atomic E-state index is 0.105. The third-order valence-electron chi connectivity index (χ3n) is 15.0. The van der Waals surface area contributed by atoms with Crippen LogP contribution in [0.5, 0.6) is 0 Å². The Bertz CT molecular complexity index is 1650. The lowest BCUT2D eigenvalue weighted by Gasteiger charge is -2.21. The summed E-state index contributed by atoms with van der Waals surface area (Å²) in [6.07, 6.45) is 40.3. The fourth-order valence-corrected chi connectivity index (χ4v) is 11.3. The first-order chi connectivity index (χ1) is 40.4. The molecule has 3 N–H and O–H groups in total. The highest BCUT2D eigenvalue weighted by Crippen LogP contribution is 2.45. The maximum Gasteiger partial charge on any atom is 0.472 e. The van der Waals surface area contributed by atoms with Gasteiger partial charge in [-0.25, -0.2) is 9.13 Å². The van der Waals surface area contributed by atoms with Crippen molar-refractivity contribution in [3.63, 3.8) is 0 Å². The first kappa shape index (κ1) is 82.1. The Morgan fingerprint density at radius 3 is 0.810 bits per heavy atom. The average Bonchev–Trinajstić information content (AvgIpc) is 3.55. The van der Waals surface area contributed by atoms with Crippen molar-refractivity contribution < 1.29 is 80.2 Å². The molecule has 0 bridgehead atoms. The fourth-order valence-electron chi connectivity index (χ4n) is 9.71. The number of unbranched alkanes of at least 4 members (excludes halogenated alkanes) is 34. The van der Waals surface area contributed by atoms with Crippen LogP contribution in [0.2, 0.25) is 0 Å². The summed E-state index contributed by atoms with van der Waals surface area (Å²) in [5.41, 5.74) is 0. The maximum atomic E-state index is 13.0. The number of carbonyl (C=O) groups excluding carboxylic acids is 4. The number of rotatable bonds is 64. The molecular formula is C65H126O17P2. The smallest absolute Gasteiger partial charge is 0.462 e. The fraction of sp³-hybridized carbons (Fsp3) is 0.938.